The number of rotatable bonds is 3. The summed E-state index contributed by atoms with van der Waals surface area (Å²) in [6.07, 6.45) is 0. The summed E-state index contributed by atoms with van der Waals surface area (Å²) < 4.78 is 21.4. The Morgan fingerprint density at radius 3 is 2.41 bits per heavy atom. The van der Waals surface area contributed by atoms with Gasteiger partial charge in [0.15, 0.2) is 5.43 Å². The Bertz CT molecular complexity index is 1620. The second-order valence-electron chi connectivity index (χ2n) is 7.85. The Morgan fingerprint density at radius 2 is 1.66 bits per heavy atom. The SMILES string of the molecule is CN(C)c1ccc2c(-c3ccccc3C(=O)O)c3cc(F)c4cc(=O)ccc4c3oc2c1. The minimum absolute atomic E-state index is 0.105. The first-order chi connectivity index (χ1) is 15.3. The average Bonchev–Trinajstić information content (AvgIpc) is 2.77. The molecule has 0 bridgehead atoms. The van der Waals surface area contributed by atoms with Gasteiger partial charge in [-0.3, -0.25) is 4.79 Å². The van der Waals surface area contributed by atoms with Crippen LogP contribution in [-0.4, -0.2) is 25.2 Å². The molecule has 0 atom stereocenters. The molecule has 5 nitrogen and oxygen atoms in total. The Kier molecular flexibility index (Phi) is 4.44. The van der Waals surface area contributed by atoms with E-state index in [0.29, 0.717) is 38.5 Å². The first kappa shape index (κ1) is 19.8. The Labute approximate surface area is 181 Å². The third-order valence-electron chi connectivity index (χ3n) is 5.67. The number of fused-ring (bicyclic) bond motifs is 4. The third-order valence-corrected chi connectivity index (χ3v) is 5.67. The monoisotopic (exact) mass is 427 g/mol. The number of benzene rings is 4. The van der Waals surface area contributed by atoms with E-state index in [4.69, 9.17) is 4.42 Å². The summed E-state index contributed by atoms with van der Waals surface area (Å²) in [5, 5.41) is 11.5. The van der Waals surface area contributed by atoms with Crippen LogP contribution in [0.5, 0.6) is 0 Å². The predicted molar refractivity (Wildman–Crippen MR) is 124 cm³/mol. The number of halogens is 1. The molecule has 158 valence electrons. The van der Waals surface area contributed by atoms with Crippen LogP contribution in [0.15, 0.2) is 75.9 Å². The zero-order chi connectivity index (χ0) is 22.6. The summed E-state index contributed by atoms with van der Waals surface area (Å²) in [4.78, 5) is 25.8. The van der Waals surface area contributed by atoms with Gasteiger partial charge in [0.2, 0.25) is 0 Å². The smallest absolute Gasteiger partial charge is 0.336 e. The third kappa shape index (κ3) is 3.00. The molecule has 0 aliphatic rings. The Hall–Kier alpha value is -4.19. The molecule has 0 saturated heterocycles. The van der Waals surface area contributed by atoms with Crippen LogP contribution in [0.3, 0.4) is 0 Å². The summed E-state index contributed by atoms with van der Waals surface area (Å²) in [6.45, 7) is 0. The summed E-state index contributed by atoms with van der Waals surface area (Å²) in [5.74, 6) is -1.65. The summed E-state index contributed by atoms with van der Waals surface area (Å²) in [6, 6.07) is 17.7. The van der Waals surface area contributed by atoms with Gasteiger partial charge in [-0.2, -0.15) is 0 Å². The molecule has 0 radical (unpaired) electrons. The molecule has 5 aromatic rings. The quantitative estimate of drug-likeness (QED) is 0.297. The van der Waals surface area contributed by atoms with Crippen LogP contribution in [0.4, 0.5) is 10.1 Å². The maximum atomic E-state index is 15.1. The molecule has 32 heavy (non-hydrogen) atoms. The lowest BCUT2D eigenvalue weighted by atomic mass is 9.92. The normalized spacial score (nSPS) is 11.3. The van der Waals surface area contributed by atoms with Crippen LogP contribution in [0.1, 0.15) is 10.4 Å². The van der Waals surface area contributed by atoms with Crippen LogP contribution >= 0.6 is 0 Å². The summed E-state index contributed by atoms with van der Waals surface area (Å²) in [5.41, 5.74) is 2.64. The van der Waals surface area contributed by atoms with E-state index in [0.717, 1.165) is 5.69 Å². The zero-order valence-corrected chi connectivity index (χ0v) is 17.3. The minimum Gasteiger partial charge on any atom is -0.478 e. The van der Waals surface area contributed by atoms with E-state index in [-0.39, 0.29) is 16.4 Å². The molecule has 5 rings (SSSR count). The van der Waals surface area contributed by atoms with Gasteiger partial charge in [0.05, 0.1) is 5.56 Å². The molecule has 0 amide bonds. The van der Waals surface area contributed by atoms with Crippen molar-refractivity contribution < 1.29 is 18.7 Å². The zero-order valence-electron chi connectivity index (χ0n) is 17.3. The van der Waals surface area contributed by atoms with E-state index in [1.807, 2.05) is 37.2 Å². The fourth-order valence-electron chi connectivity index (χ4n) is 4.14. The maximum Gasteiger partial charge on any atom is 0.336 e. The van der Waals surface area contributed by atoms with E-state index in [9.17, 15) is 14.7 Å². The van der Waals surface area contributed by atoms with Crippen molar-refractivity contribution in [3.05, 3.63) is 88.3 Å². The molecule has 4 aromatic carbocycles. The Balaban J connectivity index is 2.05. The highest BCUT2D eigenvalue weighted by atomic mass is 19.1. The molecular weight excluding hydrogens is 409 g/mol. The van der Waals surface area contributed by atoms with E-state index in [2.05, 4.69) is 0 Å². The standard InChI is InChI=1S/C26H18FNO4/c1-28(2)14-7-9-19-23(11-14)32-25-17-10-8-15(29)12-20(17)22(27)13-21(25)24(19)16-5-3-4-6-18(16)26(30)31/h3-13H,1-2H3,(H,30,31). The van der Waals surface area contributed by atoms with Crippen molar-refractivity contribution >= 4 is 44.4 Å². The van der Waals surface area contributed by atoms with E-state index in [1.165, 1.54) is 24.3 Å². The highest BCUT2D eigenvalue weighted by Crippen LogP contribution is 2.41. The topological polar surface area (TPSA) is 70.8 Å². The predicted octanol–water partition coefficient (Wildman–Crippen LogP) is 5.67. The van der Waals surface area contributed by atoms with Crippen molar-refractivity contribution in [2.75, 3.05) is 19.0 Å². The molecule has 0 unspecified atom stereocenters. The molecule has 1 aromatic heterocycles. The van der Waals surface area contributed by atoms with Crippen molar-refractivity contribution in [1.29, 1.82) is 0 Å². The van der Waals surface area contributed by atoms with Crippen LogP contribution < -0.4 is 10.3 Å². The van der Waals surface area contributed by atoms with Crippen molar-refractivity contribution in [1.82, 2.24) is 0 Å². The summed E-state index contributed by atoms with van der Waals surface area (Å²) in [7, 11) is 3.81. The van der Waals surface area contributed by atoms with Gasteiger partial charge in [-0.25, -0.2) is 9.18 Å². The minimum atomic E-state index is -1.08. The van der Waals surface area contributed by atoms with Crippen LogP contribution in [0.25, 0.3) is 43.8 Å². The second kappa shape index (κ2) is 7.20. The molecule has 0 fully saturated rings. The highest BCUT2D eigenvalue weighted by Gasteiger charge is 2.21. The number of hydrogen-bond donors (Lipinski definition) is 1. The molecule has 1 N–H and O–H groups in total. The van der Waals surface area contributed by atoms with E-state index >= 15 is 4.39 Å². The van der Waals surface area contributed by atoms with Crippen LogP contribution in [-0.2, 0) is 0 Å². The largest absolute Gasteiger partial charge is 0.478 e. The first-order valence-corrected chi connectivity index (χ1v) is 9.98. The van der Waals surface area contributed by atoms with Crippen molar-refractivity contribution in [2.24, 2.45) is 0 Å². The summed E-state index contributed by atoms with van der Waals surface area (Å²) >= 11 is 0. The fraction of sp³-hybridized carbons (Fsp3) is 0.0769. The lowest BCUT2D eigenvalue weighted by Crippen LogP contribution is -2.08. The molecular formula is C26H18FNO4. The number of carboxylic acid groups (broad SMARTS) is 1. The van der Waals surface area contributed by atoms with Crippen LogP contribution in [0.2, 0.25) is 0 Å². The fourth-order valence-corrected chi connectivity index (χ4v) is 4.14. The second-order valence-corrected chi connectivity index (χ2v) is 7.85. The number of carbonyl (C=O) groups is 1. The van der Waals surface area contributed by atoms with Gasteiger partial charge in [0.25, 0.3) is 0 Å². The number of carboxylic acids is 1. The number of aromatic carboxylic acids is 1. The lowest BCUT2D eigenvalue weighted by molar-refractivity contribution is 0.0697. The Morgan fingerprint density at radius 1 is 0.906 bits per heavy atom. The highest BCUT2D eigenvalue weighted by molar-refractivity contribution is 6.17. The molecule has 0 aliphatic heterocycles. The van der Waals surface area contributed by atoms with Gasteiger partial charge in [0, 0.05) is 53.0 Å². The van der Waals surface area contributed by atoms with Gasteiger partial charge < -0.3 is 14.4 Å². The van der Waals surface area contributed by atoms with Crippen molar-refractivity contribution in [3.63, 3.8) is 0 Å². The van der Waals surface area contributed by atoms with E-state index < -0.39 is 11.8 Å². The van der Waals surface area contributed by atoms with Gasteiger partial charge in [-0.15, -0.1) is 0 Å². The molecule has 1 heterocycles. The first-order valence-electron chi connectivity index (χ1n) is 9.98. The molecule has 6 heteroatoms. The van der Waals surface area contributed by atoms with Crippen molar-refractivity contribution in [3.8, 4) is 11.1 Å². The number of anilines is 1. The van der Waals surface area contributed by atoms with Gasteiger partial charge >= 0.3 is 5.97 Å². The average molecular weight is 427 g/mol. The number of hydrogen-bond acceptors (Lipinski definition) is 4. The maximum absolute atomic E-state index is 15.1. The lowest BCUT2D eigenvalue weighted by Gasteiger charge is -2.17. The van der Waals surface area contributed by atoms with Gasteiger partial charge in [-0.05, 0) is 48.0 Å². The molecule has 0 saturated carbocycles. The van der Waals surface area contributed by atoms with Crippen LogP contribution in [0, 0.1) is 5.82 Å². The van der Waals surface area contributed by atoms with Gasteiger partial charge in [-0.1, -0.05) is 18.2 Å². The number of nitrogens with zero attached hydrogens (tertiary/aromatic N) is 1. The van der Waals surface area contributed by atoms with Gasteiger partial charge in [0.1, 0.15) is 17.0 Å². The van der Waals surface area contributed by atoms with Crippen molar-refractivity contribution in [2.45, 2.75) is 0 Å². The van der Waals surface area contributed by atoms with E-state index in [1.54, 1.807) is 24.3 Å². The molecule has 0 spiro atoms. The molecule has 0 aliphatic carbocycles.